The van der Waals surface area contributed by atoms with Crippen molar-refractivity contribution >= 4 is 5.91 Å². The average molecular weight is 381 g/mol. The maximum Gasteiger partial charge on any atom is 0.226 e. The first-order valence-electron chi connectivity index (χ1n) is 10.2. The number of likely N-dealkylation sites (N-methyl/N-ethyl adjacent to an activating group) is 1. The second-order valence-electron chi connectivity index (χ2n) is 7.92. The van der Waals surface area contributed by atoms with Crippen molar-refractivity contribution in [1.82, 2.24) is 19.7 Å². The van der Waals surface area contributed by atoms with E-state index in [-0.39, 0.29) is 5.92 Å². The topological polar surface area (TPSA) is 39.7 Å². The van der Waals surface area contributed by atoms with Crippen molar-refractivity contribution in [2.45, 2.75) is 25.9 Å². The van der Waals surface area contributed by atoms with Gasteiger partial charge in [0.2, 0.25) is 5.91 Å². The average Bonchev–Trinajstić information content (AvgIpc) is 2.72. The number of piperidine rings is 1. The minimum Gasteiger partial charge on any atom is -0.337 e. The van der Waals surface area contributed by atoms with Crippen LogP contribution in [0.4, 0.5) is 0 Å². The van der Waals surface area contributed by atoms with Crippen LogP contribution >= 0.6 is 0 Å². The number of rotatable bonds is 8. The molecule has 150 valence electrons. The molecule has 1 fully saturated rings. The molecule has 5 heteroatoms. The van der Waals surface area contributed by atoms with E-state index >= 15 is 0 Å². The SMILES string of the molecule is CN(C)CCN(Cc1ccccc1)C(=O)C1CCN(Cc2ccccn2)CC1. The van der Waals surface area contributed by atoms with E-state index in [9.17, 15) is 4.79 Å². The lowest BCUT2D eigenvalue weighted by atomic mass is 9.94. The summed E-state index contributed by atoms with van der Waals surface area (Å²) in [7, 11) is 4.11. The highest BCUT2D eigenvalue weighted by Crippen LogP contribution is 2.22. The Balaban J connectivity index is 1.56. The van der Waals surface area contributed by atoms with Crippen LogP contribution in [-0.4, -0.2) is 65.9 Å². The number of aromatic nitrogens is 1. The molecule has 0 radical (unpaired) electrons. The molecule has 0 aliphatic carbocycles. The van der Waals surface area contributed by atoms with Gasteiger partial charge in [0.25, 0.3) is 0 Å². The largest absolute Gasteiger partial charge is 0.337 e. The van der Waals surface area contributed by atoms with Gasteiger partial charge in [-0.1, -0.05) is 36.4 Å². The van der Waals surface area contributed by atoms with Crippen molar-refractivity contribution in [2.75, 3.05) is 40.3 Å². The molecule has 28 heavy (non-hydrogen) atoms. The third-order valence-corrected chi connectivity index (χ3v) is 5.39. The monoisotopic (exact) mass is 380 g/mol. The second kappa shape index (κ2) is 10.3. The van der Waals surface area contributed by atoms with Crippen molar-refractivity contribution in [2.24, 2.45) is 5.92 Å². The molecule has 0 N–H and O–H groups in total. The molecule has 3 rings (SSSR count). The van der Waals surface area contributed by atoms with Gasteiger partial charge >= 0.3 is 0 Å². The summed E-state index contributed by atoms with van der Waals surface area (Å²) in [5.74, 6) is 0.439. The van der Waals surface area contributed by atoms with Gasteiger partial charge < -0.3 is 9.80 Å². The van der Waals surface area contributed by atoms with Gasteiger partial charge in [-0.3, -0.25) is 14.7 Å². The first kappa shape index (κ1) is 20.5. The lowest BCUT2D eigenvalue weighted by Crippen LogP contribution is -2.44. The molecule has 1 saturated heterocycles. The van der Waals surface area contributed by atoms with Crippen LogP contribution in [0.2, 0.25) is 0 Å². The number of amides is 1. The molecule has 2 heterocycles. The van der Waals surface area contributed by atoms with E-state index < -0.39 is 0 Å². The van der Waals surface area contributed by atoms with Crippen LogP contribution in [0.15, 0.2) is 54.7 Å². The molecule has 1 amide bonds. The third-order valence-electron chi connectivity index (χ3n) is 5.39. The number of hydrogen-bond donors (Lipinski definition) is 0. The Morgan fingerprint density at radius 2 is 1.75 bits per heavy atom. The fourth-order valence-corrected chi connectivity index (χ4v) is 3.71. The molecular weight excluding hydrogens is 348 g/mol. The molecule has 1 aliphatic heterocycles. The van der Waals surface area contributed by atoms with Gasteiger partial charge in [-0.15, -0.1) is 0 Å². The fraction of sp³-hybridized carbons (Fsp3) is 0.478. The summed E-state index contributed by atoms with van der Waals surface area (Å²) < 4.78 is 0. The van der Waals surface area contributed by atoms with Crippen molar-refractivity contribution < 1.29 is 4.79 Å². The summed E-state index contributed by atoms with van der Waals surface area (Å²) in [4.78, 5) is 24.3. The second-order valence-corrected chi connectivity index (χ2v) is 7.92. The molecule has 0 atom stereocenters. The highest BCUT2D eigenvalue weighted by atomic mass is 16.2. The highest BCUT2D eigenvalue weighted by Gasteiger charge is 2.28. The number of carbonyl (C=O) groups excluding carboxylic acids is 1. The Bertz CT molecular complexity index is 712. The normalized spacial score (nSPS) is 15.7. The molecule has 2 aromatic rings. The van der Waals surface area contributed by atoms with Gasteiger partial charge in [-0.2, -0.15) is 0 Å². The molecule has 0 saturated carbocycles. The van der Waals surface area contributed by atoms with E-state index in [2.05, 4.69) is 52.0 Å². The number of pyridine rings is 1. The third kappa shape index (κ3) is 6.14. The Labute approximate surface area is 169 Å². The lowest BCUT2D eigenvalue weighted by molar-refractivity contribution is -0.138. The van der Waals surface area contributed by atoms with E-state index in [4.69, 9.17) is 0 Å². The van der Waals surface area contributed by atoms with Crippen molar-refractivity contribution in [3.05, 3.63) is 66.0 Å². The van der Waals surface area contributed by atoms with Crippen LogP contribution in [0.1, 0.15) is 24.1 Å². The van der Waals surface area contributed by atoms with E-state index in [1.54, 1.807) is 0 Å². The number of hydrogen-bond acceptors (Lipinski definition) is 4. The maximum absolute atomic E-state index is 13.3. The van der Waals surface area contributed by atoms with Gasteiger partial charge in [0.1, 0.15) is 0 Å². The molecule has 0 bridgehead atoms. The molecule has 1 aliphatic rings. The van der Waals surface area contributed by atoms with Crippen LogP contribution < -0.4 is 0 Å². The zero-order chi connectivity index (χ0) is 19.8. The van der Waals surface area contributed by atoms with Gasteiger partial charge in [0.05, 0.1) is 5.69 Å². The van der Waals surface area contributed by atoms with Gasteiger partial charge in [-0.05, 0) is 57.7 Å². The maximum atomic E-state index is 13.3. The zero-order valence-electron chi connectivity index (χ0n) is 17.1. The van der Waals surface area contributed by atoms with Crippen LogP contribution in [0.25, 0.3) is 0 Å². The molecular formula is C23H32N4O. The number of nitrogens with zero attached hydrogens (tertiary/aromatic N) is 4. The zero-order valence-corrected chi connectivity index (χ0v) is 17.1. The first-order valence-corrected chi connectivity index (χ1v) is 10.2. The van der Waals surface area contributed by atoms with Crippen LogP contribution in [0.3, 0.4) is 0 Å². The number of benzene rings is 1. The van der Waals surface area contributed by atoms with E-state index in [1.165, 1.54) is 5.56 Å². The standard InChI is InChI=1S/C23H32N4O/c1-25(2)16-17-27(18-20-8-4-3-5-9-20)23(28)21-11-14-26(15-12-21)19-22-10-6-7-13-24-22/h3-10,13,21H,11-12,14-19H2,1-2H3. The predicted molar refractivity (Wildman–Crippen MR) is 113 cm³/mol. The van der Waals surface area contributed by atoms with E-state index in [0.717, 1.165) is 51.3 Å². The predicted octanol–water partition coefficient (Wildman–Crippen LogP) is 2.88. The molecule has 1 aromatic heterocycles. The molecule has 0 spiro atoms. The fourth-order valence-electron chi connectivity index (χ4n) is 3.71. The minimum atomic E-state index is 0.130. The van der Waals surface area contributed by atoms with Crippen molar-refractivity contribution in [3.8, 4) is 0 Å². The van der Waals surface area contributed by atoms with E-state index in [0.29, 0.717) is 12.5 Å². The van der Waals surface area contributed by atoms with Crippen LogP contribution in [0, 0.1) is 5.92 Å². The molecule has 1 aromatic carbocycles. The first-order chi connectivity index (χ1) is 13.6. The summed E-state index contributed by atoms with van der Waals surface area (Å²) in [6.45, 7) is 5.14. The van der Waals surface area contributed by atoms with Crippen LogP contribution in [0.5, 0.6) is 0 Å². The minimum absolute atomic E-state index is 0.130. The summed E-state index contributed by atoms with van der Waals surface area (Å²) in [5, 5.41) is 0. The van der Waals surface area contributed by atoms with E-state index in [1.807, 2.05) is 36.5 Å². The molecule has 5 nitrogen and oxygen atoms in total. The number of carbonyl (C=O) groups is 1. The summed E-state index contributed by atoms with van der Waals surface area (Å²) in [6.07, 6.45) is 3.70. The van der Waals surface area contributed by atoms with Gasteiger partial charge in [0, 0.05) is 38.3 Å². The smallest absolute Gasteiger partial charge is 0.226 e. The molecule has 0 unspecified atom stereocenters. The summed E-state index contributed by atoms with van der Waals surface area (Å²) in [6, 6.07) is 16.4. The Morgan fingerprint density at radius 1 is 1.04 bits per heavy atom. The summed E-state index contributed by atoms with van der Waals surface area (Å²) >= 11 is 0. The van der Waals surface area contributed by atoms with Crippen molar-refractivity contribution in [3.63, 3.8) is 0 Å². The van der Waals surface area contributed by atoms with Gasteiger partial charge in [-0.25, -0.2) is 0 Å². The highest BCUT2D eigenvalue weighted by molar-refractivity contribution is 5.79. The Hall–Kier alpha value is -2.24. The van der Waals surface area contributed by atoms with Crippen LogP contribution in [-0.2, 0) is 17.9 Å². The number of likely N-dealkylation sites (tertiary alicyclic amines) is 1. The Morgan fingerprint density at radius 3 is 2.39 bits per heavy atom. The lowest BCUT2D eigenvalue weighted by Gasteiger charge is -2.34. The summed E-state index contributed by atoms with van der Waals surface area (Å²) in [5.41, 5.74) is 2.30. The van der Waals surface area contributed by atoms with Crippen molar-refractivity contribution in [1.29, 1.82) is 0 Å². The van der Waals surface area contributed by atoms with Gasteiger partial charge in [0.15, 0.2) is 0 Å². The quantitative estimate of drug-likeness (QED) is 0.706. The Kier molecular flexibility index (Phi) is 7.57.